The fourth-order valence-corrected chi connectivity index (χ4v) is 4.02. The summed E-state index contributed by atoms with van der Waals surface area (Å²) in [5.41, 5.74) is 6.00. The van der Waals surface area contributed by atoms with Crippen molar-refractivity contribution in [1.29, 1.82) is 0 Å². The standard InChI is InChI=1S/C11H23N3O3S/c12-9(6-8-4-2-1-3-5-8)11(15)10-7-13-18(16,17)14-10/h8-11,13-15H,1-7,12H2. The van der Waals surface area contributed by atoms with Crippen LogP contribution in [0.4, 0.5) is 0 Å². The van der Waals surface area contributed by atoms with Gasteiger partial charge in [0.25, 0.3) is 10.2 Å². The molecule has 7 heteroatoms. The summed E-state index contributed by atoms with van der Waals surface area (Å²) in [4.78, 5) is 0. The summed E-state index contributed by atoms with van der Waals surface area (Å²) in [7, 11) is -3.42. The molecule has 1 heterocycles. The van der Waals surface area contributed by atoms with E-state index in [9.17, 15) is 13.5 Å². The van der Waals surface area contributed by atoms with Crippen LogP contribution >= 0.6 is 0 Å². The summed E-state index contributed by atoms with van der Waals surface area (Å²) in [6.45, 7) is 0.210. The molecule has 6 nitrogen and oxygen atoms in total. The Labute approximate surface area is 109 Å². The molecule has 3 unspecified atom stereocenters. The van der Waals surface area contributed by atoms with Gasteiger partial charge in [-0.05, 0) is 12.3 Å². The van der Waals surface area contributed by atoms with Crippen LogP contribution in [0.25, 0.3) is 0 Å². The molecule has 2 rings (SSSR count). The van der Waals surface area contributed by atoms with Crippen LogP contribution in [0.3, 0.4) is 0 Å². The third kappa shape index (κ3) is 3.64. The first-order chi connectivity index (χ1) is 8.48. The van der Waals surface area contributed by atoms with E-state index in [-0.39, 0.29) is 12.6 Å². The van der Waals surface area contributed by atoms with Gasteiger partial charge in [0, 0.05) is 12.6 Å². The molecule has 0 spiro atoms. The summed E-state index contributed by atoms with van der Waals surface area (Å²) in [6, 6.07) is -0.866. The Bertz CT molecular complexity index is 368. The number of hydrogen-bond acceptors (Lipinski definition) is 4. The van der Waals surface area contributed by atoms with E-state index < -0.39 is 22.4 Å². The normalized spacial score (nSPS) is 32.2. The maximum atomic E-state index is 11.2. The maximum absolute atomic E-state index is 11.2. The Hall–Kier alpha value is -0.210. The van der Waals surface area contributed by atoms with Gasteiger partial charge in [-0.3, -0.25) is 0 Å². The molecule has 3 atom stereocenters. The minimum Gasteiger partial charge on any atom is -0.390 e. The number of hydrogen-bond donors (Lipinski definition) is 4. The molecule has 0 radical (unpaired) electrons. The Morgan fingerprint density at radius 2 is 1.94 bits per heavy atom. The highest BCUT2D eigenvalue weighted by atomic mass is 32.2. The topological polar surface area (TPSA) is 104 Å². The first-order valence-corrected chi connectivity index (χ1v) is 8.17. The summed E-state index contributed by atoms with van der Waals surface area (Å²) >= 11 is 0. The Morgan fingerprint density at radius 3 is 2.50 bits per heavy atom. The lowest BCUT2D eigenvalue weighted by Crippen LogP contribution is -2.49. The number of nitrogens with two attached hydrogens (primary N) is 1. The lowest BCUT2D eigenvalue weighted by Gasteiger charge is -2.29. The van der Waals surface area contributed by atoms with Crippen LogP contribution in [-0.2, 0) is 10.2 Å². The van der Waals surface area contributed by atoms with Crippen LogP contribution < -0.4 is 15.2 Å². The van der Waals surface area contributed by atoms with E-state index >= 15 is 0 Å². The Balaban J connectivity index is 1.82. The van der Waals surface area contributed by atoms with Gasteiger partial charge in [0.15, 0.2) is 0 Å². The average Bonchev–Trinajstić information content (AvgIpc) is 2.70. The highest BCUT2D eigenvalue weighted by molar-refractivity contribution is 7.87. The molecular formula is C11H23N3O3S. The molecule has 0 aromatic carbocycles. The summed E-state index contributed by atoms with van der Waals surface area (Å²) in [6.07, 6.45) is 6.08. The molecular weight excluding hydrogens is 254 g/mol. The lowest BCUT2D eigenvalue weighted by molar-refractivity contribution is 0.101. The Morgan fingerprint density at radius 1 is 1.28 bits per heavy atom. The third-order valence-corrected chi connectivity index (χ3v) is 5.14. The molecule has 0 aromatic heterocycles. The van der Waals surface area contributed by atoms with Crippen molar-refractivity contribution in [1.82, 2.24) is 9.44 Å². The van der Waals surface area contributed by atoms with Crippen LogP contribution in [-0.4, -0.2) is 38.3 Å². The molecule has 1 saturated carbocycles. The molecule has 18 heavy (non-hydrogen) atoms. The molecule has 1 aliphatic heterocycles. The zero-order valence-corrected chi connectivity index (χ0v) is 11.3. The zero-order chi connectivity index (χ0) is 13.2. The number of aliphatic hydroxyl groups is 1. The van der Waals surface area contributed by atoms with E-state index in [1.165, 1.54) is 32.1 Å². The van der Waals surface area contributed by atoms with Crippen LogP contribution in [0.1, 0.15) is 38.5 Å². The molecule has 0 aromatic rings. The molecule has 2 aliphatic rings. The molecule has 0 bridgehead atoms. The van der Waals surface area contributed by atoms with E-state index in [0.29, 0.717) is 5.92 Å². The Kier molecular flexibility index (Phi) is 4.60. The second-order valence-corrected chi connectivity index (χ2v) is 7.00. The van der Waals surface area contributed by atoms with E-state index in [4.69, 9.17) is 5.73 Å². The van der Waals surface area contributed by atoms with Crippen molar-refractivity contribution in [2.75, 3.05) is 6.54 Å². The van der Waals surface area contributed by atoms with Crippen molar-refractivity contribution in [3.63, 3.8) is 0 Å². The maximum Gasteiger partial charge on any atom is 0.277 e. The molecule has 2 fully saturated rings. The first kappa shape index (κ1) is 14.2. The van der Waals surface area contributed by atoms with Crippen molar-refractivity contribution in [3.05, 3.63) is 0 Å². The van der Waals surface area contributed by atoms with Gasteiger partial charge in [-0.15, -0.1) is 0 Å². The smallest absolute Gasteiger partial charge is 0.277 e. The van der Waals surface area contributed by atoms with Crippen LogP contribution in [0.5, 0.6) is 0 Å². The number of rotatable bonds is 4. The highest BCUT2D eigenvalue weighted by Crippen LogP contribution is 2.27. The molecule has 5 N–H and O–H groups in total. The minimum atomic E-state index is -3.42. The van der Waals surface area contributed by atoms with Crippen LogP contribution in [0.2, 0.25) is 0 Å². The quantitative estimate of drug-likeness (QED) is 0.553. The van der Waals surface area contributed by atoms with Crippen molar-refractivity contribution in [2.45, 2.75) is 56.7 Å². The average molecular weight is 277 g/mol. The van der Waals surface area contributed by atoms with Crippen molar-refractivity contribution in [3.8, 4) is 0 Å². The fraction of sp³-hybridized carbons (Fsp3) is 1.00. The van der Waals surface area contributed by atoms with E-state index in [1.807, 2.05) is 0 Å². The SMILES string of the molecule is NC(CC1CCCCC1)C(O)C1CNS(=O)(=O)N1. The fourth-order valence-electron chi connectivity index (χ4n) is 2.92. The van der Waals surface area contributed by atoms with Gasteiger partial charge in [0.2, 0.25) is 0 Å². The van der Waals surface area contributed by atoms with E-state index in [2.05, 4.69) is 9.44 Å². The van der Waals surface area contributed by atoms with Crippen molar-refractivity contribution >= 4 is 10.2 Å². The van der Waals surface area contributed by atoms with Crippen molar-refractivity contribution in [2.24, 2.45) is 11.7 Å². The summed E-state index contributed by atoms with van der Waals surface area (Å²) in [5, 5.41) is 10.1. The van der Waals surface area contributed by atoms with Crippen LogP contribution in [0, 0.1) is 5.92 Å². The molecule has 0 amide bonds. The van der Waals surface area contributed by atoms with Gasteiger partial charge < -0.3 is 10.8 Å². The van der Waals surface area contributed by atoms with Gasteiger partial charge in [0.1, 0.15) is 0 Å². The third-order valence-electron chi connectivity index (χ3n) is 3.98. The van der Waals surface area contributed by atoms with Gasteiger partial charge in [0.05, 0.1) is 12.1 Å². The zero-order valence-electron chi connectivity index (χ0n) is 10.5. The molecule has 106 valence electrons. The van der Waals surface area contributed by atoms with Gasteiger partial charge >= 0.3 is 0 Å². The monoisotopic (exact) mass is 277 g/mol. The second-order valence-electron chi connectivity index (χ2n) is 5.47. The highest BCUT2D eigenvalue weighted by Gasteiger charge is 2.35. The first-order valence-electron chi connectivity index (χ1n) is 6.68. The van der Waals surface area contributed by atoms with Crippen molar-refractivity contribution < 1.29 is 13.5 Å². The number of nitrogens with one attached hydrogen (secondary N) is 2. The van der Waals surface area contributed by atoms with Gasteiger partial charge in [-0.2, -0.15) is 13.1 Å². The van der Waals surface area contributed by atoms with Gasteiger partial charge in [-0.1, -0.05) is 32.1 Å². The largest absolute Gasteiger partial charge is 0.390 e. The summed E-state index contributed by atoms with van der Waals surface area (Å²) < 4.78 is 27.1. The second kappa shape index (κ2) is 5.83. The summed E-state index contributed by atoms with van der Waals surface area (Å²) in [5.74, 6) is 0.578. The lowest BCUT2D eigenvalue weighted by atomic mass is 9.83. The van der Waals surface area contributed by atoms with E-state index in [0.717, 1.165) is 6.42 Å². The van der Waals surface area contributed by atoms with Gasteiger partial charge in [-0.25, -0.2) is 4.72 Å². The minimum absolute atomic E-state index is 0.210. The van der Waals surface area contributed by atoms with Crippen LogP contribution in [0.15, 0.2) is 0 Å². The predicted octanol–water partition coefficient (Wildman–Crippen LogP) is -0.549. The predicted molar refractivity (Wildman–Crippen MR) is 69.0 cm³/mol. The molecule has 1 aliphatic carbocycles. The number of aliphatic hydroxyl groups excluding tert-OH is 1. The van der Waals surface area contributed by atoms with E-state index in [1.54, 1.807) is 0 Å². The molecule has 1 saturated heterocycles.